The number of nitrogens with two attached hydrogens (primary N) is 1. The molecule has 2 N–H and O–H groups in total. The average molecular weight is 132 g/mol. The van der Waals surface area contributed by atoms with Gasteiger partial charge in [-0.2, -0.15) is 0 Å². The highest BCUT2D eigenvalue weighted by molar-refractivity contribution is 5.40. The van der Waals surface area contributed by atoms with Crippen LogP contribution in [-0.2, 0) is 6.42 Å². The van der Waals surface area contributed by atoms with Crippen molar-refractivity contribution in [2.75, 3.05) is 5.73 Å². The summed E-state index contributed by atoms with van der Waals surface area (Å²) in [5.41, 5.74) is 6.42. The molecule has 1 heterocycles. The van der Waals surface area contributed by atoms with Crippen molar-refractivity contribution in [2.24, 2.45) is 0 Å². The van der Waals surface area contributed by atoms with Crippen LogP contribution in [0, 0.1) is 12.3 Å². The fraction of sp³-hybridized carbons (Fsp3) is 0.125. The number of nitrogens with zero attached hydrogens (tertiary/aromatic N) is 1. The van der Waals surface area contributed by atoms with Gasteiger partial charge in [0.15, 0.2) is 0 Å². The molecule has 0 saturated heterocycles. The van der Waals surface area contributed by atoms with Gasteiger partial charge in [0.2, 0.25) is 0 Å². The number of anilines is 1. The minimum Gasteiger partial charge on any atom is -0.383 e. The smallest absolute Gasteiger partial charge is 0.127 e. The molecular formula is C8H8N2. The van der Waals surface area contributed by atoms with Crippen molar-refractivity contribution in [2.45, 2.75) is 6.42 Å². The van der Waals surface area contributed by atoms with Crippen LogP contribution >= 0.6 is 0 Å². The second-order valence-electron chi connectivity index (χ2n) is 1.93. The van der Waals surface area contributed by atoms with E-state index in [4.69, 9.17) is 12.2 Å². The molecule has 2 heteroatoms. The molecule has 1 aromatic heterocycles. The third-order valence-corrected chi connectivity index (χ3v) is 1.22. The van der Waals surface area contributed by atoms with Crippen LogP contribution in [0.5, 0.6) is 0 Å². The van der Waals surface area contributed by atoms with Crippen molar-refractivity contribution >= 4 is 5.82 Å². The Labute approximate surface area is 60.1 Å². The Morgan fingerprint density at radius 2 is 2.50 bits per heavy atom. The minimum atomic E-state index is 0.528. The Balaban J connectivity index is 2.94. The first-order valence-corrected chi connectivity index (χ1v) is 2.97. The summed E-state index contributed by atoms with van der Waals surface area (Å²) in [4.78, 5) is 3.88. The number of terminal acetylenes is 1. The standard InChI is InChI=1S/C8H8N2/c1-2-4-7-5-3-6-10-8(7)9/h1,3,5-6H,4H2,(H2,9,10). The molecule has 0 aliphatic heterocycles. The Bertz CT molecular complexity index is 260. The van der Waals surface area contributed by atoms with Crippen molar-refractivity contribution in [3.05, 3.63) is 23.9 Å². The van der Waals surface area contributed by atoms with E-state index in [1.165, 1.54) is 0 Å². The Morgan fingerprint density at radius 1 is 1.70 bits per heavy atom. The van der Waals surface area contributed by atoms with Crippen molar-refractivity contribution in [1.82, 2.24) is 4.98 Å². The Kier molecular flexibility index (Phi) is 1.91. The zero-order valence-corrected chi connectivity index (χ0v) is 5.54. The van der Waals surface area contributed by atoms with Crippen LogP contribution in [0.4, 0.5) is 5.82 Å². The first-order chi connectivity index (χ1) is 4.84. The molecule has 0 bridgehead atoms. The highest BCUT2D eigenvalue weighted by atomic mass is 14.8. The molecule has 0 aliphatic rings. The molecule has 0 atom stereocenters. The lowest BCUT2D eigenvalue weighted by Gasteiger charge is -1.96. The quantitative estimate of drug-likeness (QED) is 0.575. The predicted molar refractivity (Wildman–Crippen MR) is 41.2 cm³/mol. The number of nitrogen functional groups attached to an aromatic ring is 1. The summed E-state index contributed by atoms with van der Waals surface area (Å²) in [7, 11) is 0. The van der Waals surface area contributed by atoms with Crippen LogP contribution in [-0.4, -0.2) is 4.98 Å². The fourth-order valence-corrected chi connectivity index (χ4v) is 0.710. The summed E-state index contributed by atoms with van der Waals surface area (Å²) < 4.78 is 0. The van der Waals surface area contributed by atoms with E-state index >= 15 is 0 Å². The normalized spacial score (nSPS) is 8.70. The van der Waals surface area contributed by atoms with Crippen molar-refractivity contribution in [3.63, 3.8) is 0 Å². The third kappa shape index (κ3) is 1.26. The van der Waals surface area contributed by atoms with Crippen LogP contribution in [0.3, 0.4) is 0 Å². The van der Waals surface area contributed by atoms with E-state index < -0.39 is 0 Å². The maximum Gasteiger partial charge on any atom is 0.127 e. The second kappa shape index (κ2) is 2.88. The third-order valence-electron chi connectivity index (χ3n) is 1.22. The number of aromatic nitrogens is 1. The number of rotatable bonds is 1. The SMILES string of the molecule is C#CCc1cccnc1N. The van der Waals surface area contributed by atoms with Crippen molar-refractivity contribution in [3.8, 4) is 12.3 Å². The van der Waals surface area contributed by atoms with Gasteiger partial charge in [0, 0.05) is 18.2 Å². The van der Waals surface area contributed by atoms with E-state index in [1.807, 2.05) is 12.1 Å². The second-order valence-corrected chi connectivity index (χ2v) is 1.93. The lowest BCUT2D eigenvalue weighted by atomic mass is 10.2. The highest BCUT2D eigenvalue weighted by Crippen LogP contribution is 2.05. The van der Waals surface area contributed by atoms with E-state index in [2.05, 4.69) is 10.9 Å². The topological polar surface area (TPSA) is 38.9 Å². The molecule has 0 unspecified atom stereocenters. The number of hydrogen-bond donors (Lipinski definition) is 1. The average Bonchev–Trinajstić information content (AvgIpc) is 1.94. The molecule has 0 radical (unpaired) electrons. The lowest BCUT2D eigenvalue weighted by Crippen LogP contribution is -1.95. The summed E-state index contributed by atoms with van der Waals surface area (Å²) in [5.74, 6) is 3.03. The molecule has 0 amide bonds. The summed E-state index contributed by atoms with van der Waals surface area (Å²) in [6.45, 7) is 0. The molecule has 1 rings (SSSR count). The largest absolute Gasteiger partial charge is 0.383 e. The van der Waals surface area contributed by atoms with Crippen molar-refractivity contribution in [1.29, 1.82) is 0 Å². The van der Waals surface area contributed by atoms with Crippen LogP contribution < -0.4 is 5.73 Å². The monoisotopic (exact) mass is 132 g/mol. The van der Waals surface area contributed by atoms with E-state index in [0.717, 1.165) is 5.56 Å². The predicted octanol–water partition coefficient (Wildman–Crippen LogP) is 0.839. The number of hydrogen-bond acceptors (Lipinski definition) is 2. The van der Waals surface area contributed by atoms with Gasteiger partial charge in [0.05, 0.1) is 0 Å². The van der Waals surface area contributed by atoms with Crippen LogP contribution in [0.2, 0.25) is 0 Å². The maximum absolute atomic E-state index is 5.50. The molecule has 0 spiro atoms. The van der Waals surface area contributed by atoms with E-state index in [9.17, 15) is 0 Å². The zero-order chi connectivity index (χ0) is 7.40. The van der Waals surface area contributed by atoms with Crippen LogP contribution in [0.25, 0.3) is 0 Å². The molecule has 0 fully saturated rings. The van der Waals surface area contributed by atoms with Crippen molar-refractivity contribution < 1.29 is 0 Å². The summed E-state index contributed by atoms with van der Waals surface area (Å²) in [6, 6.07) is 3.70. The maximum atomic E-state index is 5.50. The molecule has 0 aromatic carbocycles. The van der Waals surface area contributed by atoms with Crippen LogP contribution in [0.1, 0.15) is 5.56 Å². The highest BCUT2D eigenvalue weighted by Gasteiger charge is 1.93. The van der Waals surface area contributed by atoms with Gasteiger partial charge in [-0.25, -0.2) is 4.98 Å². The van der Waals surface area contributed by atoms with Gasteiger partial charge >= 0.3 is 0 Å². The first kappa shape index (κ1) is 6.63. The van der Waals surface area contributed by atoms with Gasteiger partial charge in [-0.05, 0) is 6.07 Å². The lowest BCUT2D eigenvalue weighted by molar-refractivity contribution is 1.23. The fourth-order valence-electron chi connectivity index (χ4n) is 0.710. The molecular weight excluding hydrogens is 124 g/mol. The Hall–Kier alpha value is -1.49. The van der Waals surface area contributed by atoms with E-state index in [1.54, 1.807) is 6.20 Å². The van der Waals surface area contributed by atoms with Gasteiger partial charge in [-0.3, -0.25) is 0 Å². The Morgan fingerprint density at radius 3 is 3.10 bits per heavy atom. The number of pyridine rings is 1. The summed E-state index contributed by atoms with van der Waals surface area (Å²) >= 11 is 0. The summed E-state index contributed by atoms with van der Waals surface area (Å²) in [5, 5.41) is 0. The van der Waals surface area contributed by atoms with E-state index in [0.29, 0.717) is 12.2 Å². The zero-order valence-electron chi connectivity index (χ0n) is 5.54. The van der Waals surface area contributed by atoms with E-state index in [-0.39, 0.29) is 0 Å². The van der Waals surface area contributed by atoms with Gasteiger partial charge in [-0.15, -0.1) is 12.3 Å². The van der Waals surface area contributed by atoms with Gasteiger partial charge in [0.25, 0.3) is 0 Å². The van der Waals surface area contributed by atoms with Gasteiger partial charge < -0.3 is 5.73 Å². The van der Waals surface area contributed by atoms with Gasteiger partial charge in [-0.1, -0.05) is 6.07 Å². The molecule has 1 aromatic rings. The summed E-state index contributed by atoms with van der Waals surface area (Å²) in [6.07, 6.45) is 7.30. The van der Waals surface area contributed by atoms with Crippen LogP contribution in [0.15, 0.2) is 18.3 Å². The molecule has 0 aliphatic carbocycles. The minimum absolute atomic E-state index is 0.528. The first-order valence-electron chi connectivity index (χ1n) is 2.97. The molecule has 10 heavy (non-hydrogen) atoms. The molecule has 2 nitrogen and oxygen atoms in total. The molecule has 0 saturated carbocycles. The van der Waals surface area contributed by atoms with Gasteiger partial charge in [0.1, 0.15) is 5.82 Å². The molecule has 50 valence electrons.